The minimum Gasteiger partial charge on any atom is -0.367 e. The van der Waals surface area contributed by atoms with E-state index < -0.39 is 23.8 Å². The number of primary amides is 1. The highest BCUT2D eigenvalue weighted by molar-refractivity contribution is 5.79. The van der Waals surface area contributed by atoms with Gasteiger partial charge in [0.05, 0.1) is 11.7 Å². The van der Waals surface area contributed by atoms with Gasteiger partial charge in [-0.2, -0.15) is 13.2 Å². The SMILES string of the molecule is NC(=O)[C@H]1CC[C@H](c2ccc(C(F)(F)F)cc2)O1. The zero-order valence-electron chi connectivity index (χ0n) is 9.41. The molecule has 6 heteroatoms. The molecular formula is C12H12F3NO2. The quantitative estimate of drug-likeness (QED) is 0.886. The molecular weight excluding hydrogens is 247 g/mol. The van der Waals surface area contributed by atoms with Gasteiger partial charge in [-0.05, 0) is 30.5 Å². The van der Waals surface area contributed by atoms with E-state index in [1.165, 1.54) is 12.1 Å². The molecule has 0 aromatic heterocycles. The summed E-state index contributed by atoms with van der Waals surface area (Å²) < 4.78 is 42.5. The largest absolute Gasteiger partial charge is 0.416 e. The summed E-state index contributed by atoms with van der Waals surface area (Å²) in [5, 5.41) is 0. The van der Waals surface area contributed by atoms with E-state index in [4.69, 9.17) is 10.5 Å². The van der Waals surface area contributed by atoms with Gasteiger partial charge in [0.25, 0.3) is 0 Å². The summed E-state index contributed by atoms with van der Waals surface area (Å²) in [6, 6.07) is 4.76. The number of halogens is 3. The van der Waals surface area contributed by atoms with Gasteiger partial charge in [0.1, 0.15) is 6.10 Å². The van der Waals surface area contributed by atoms with Gasteiger partial charge >= 0.3 is 6.18 Å². The molecule has 1 aromatic rings. The summed E-state index contributed by atoms with van der Waals surface area (Å²) in [4.78, 5) is 10.9. The minimum atomic E-state index is -4.34. The molecule has 2 rings (SSSR count). The number of rotatable bonds is 2. The smallest absolute Gasteiger partial charge is 0.367 e. The Balaban J connectivity index is 2.10. The van der Waals surface area contributed by atoms with Crippen LogP contribution in [0.15, 0.2) is 24.3 Å². The van der Waals surface area contributed by atoms with Gasteiger partial charge in [-0.1, -0.05) is 12.1 Å². The fraction of sp³-hybridized carbons (Fsp3) is 0.417. The first-order valence-electron chi connectivity index (χ1n) is 5.50. The first kappa shape index (κ1) is 12.9. The van der Waals surface area contributed by atoms with Gasteiger partial charge < -0.3 is 10.5 Å². The first-order chi connectivity index (χ1) is 8.38. The molecule has 1 aliphatic rings. The van der Waals surface area contributed by atoms with Crippen molar-refractivity contribution in [3.05, 3.63) is 35.4 Å². The average Bonchev–Trinajstić information content (AvgIpc) is 2.77. The molecule has 0 saturated carbocycles. The molecule has 1 amide bonds. The van der Waals surface area contributed by atoms with Crippen LogP contribution in [0.2, 0.25) is 0 Å². The third-order valence-electron chi connectivity index (χ3n) is 2.95. The highest BCUT2D eigenvalue weighted by Crippen LogP contribution is 2.35. The van der Waals surface area contributed by atoms with Crippen molar-refractivity contribution >= 4 is 5.91 Å². The number of carbonyl (C=O) groups is 1. The van der Waals surface area contributed by atoms with E-state index in [0.717, 1.165) is 12.1 Å². The van der Waals surface area contributed by atoms with Crippen LogP contribution in [0.1, 0.15) is 30.1 Å². The van der Waals surface area contributed by atoms with Crippen LogP contribution < -0.4 is 5.73 Å². The number of carbonyl (C=O) groups excluding carboxylic acids is 1. The molecule has 98 valence electrons. The number of ether oxygens (including phenoxy) is 1. The highest BCUT2D eigenvalue weighted by atomic mass is 19.4. The molecule has 0 radical (unpaired) electrons. The fourth-order valence-electron chi connectivity index (χ4n) is 1.98. The maximum Gasteiger partial charge on any atom is 0.416 e. The van der Waals surface area contributed by atoms with Crippen molar-refractivity contribution in [3.8, 4) is 0 Å². The number of benzene rings is 1. The van der Waals surface area contributed by atoms with E-state index in [-0.39, 0.29) is 6.10 Å². The Morgan fingerprint density at radius 3 is 2.28 bits per heavy atom. The van der Waals surface area contributed by atoms with Crippen LogP contribution in [-0.4, -0.2) is 12.0 Å². The first-order valence-corrected chi connectivity index (χ1v) is 5.50. The van der Waals surface area contributed by atoms with Crippen molar-refractivity contribution in [2.24, 2.45) is 5.73 Å². The van der Waals surface area contributed by atoms with Crippen LogP contribution in [-0.2, 0) is 15.7 Å². The number of amides is 1. The van der Waals surface area contributed by atoms with Crippen molar-refractivity contribution < 1.29 is 22.7 Å². The number of nitrogens with two attached hydrogens (primary N) is 1. The Bertz CT molecular complexity index is 442. The van der Waals surface area contributed by atoms with Gasteiger partial charge in [0.15, 0.2) is 0 Å². The maximum absolute atomic E-state index is 12.4. The summed E-state index contributed by atoms with van der Waals surface area (Å²) in [7, 11) is 0. The fourth-order valence-corrected chi connectivity index (χ4v) is 1.98. The van der Waals surface area contributed by atoms with E-state index >= 15 is 0 Å². The predicted octanol–water partition coefficient (Wildman–Crippen LogP) is 2.41. The second-order valence-corrected chi connectivity index (χ2v) is 4.21. The van der Waals surface area contributed by atoms with Gasteiger partial charge in [-0.25, -0.2) is 0 Å². The lowest BCUT2D eigenvalue weighted by molar-refractivity contribution is -0.137. The topological polar surface area (TPSA) is 52.3 Å². The van der Waals surface area contributed by atoms with Crippen molar-refractivity contribution in [2.75, 3.05) is 0 Å². The van der Waals surface area contributed by atoms with Crippen molar-refractivity contribution in [3.63, 3.8) is 0 Å². The molecule has 0 spiro atoms. The van der Waals surface area contributed by atoms with Crippen molar-refractivity contribution in [1.29, 1.82) is 0 Å². The standard InChI is InChI=1S/C12H12F3NO2/c13-12(14,15)8-3-1-7(2-4-8)9-5-6-10(18-9)11(16)17/h1-4,9-10H,5-6H2,(H2,16,17)/t9-,10-/m1/s1. The van der Waals surface area contributed by atoms with E-state index in [9.17, 15) is 18.0 Å². The van der Waals surface area contributed by atoms with Crippen LogP contribution in [0.3, 0.4) is 0 Å². The van der Waals surface area contributed by atoms with Gasteiger partial charge in [-0.15, -0.1) is 0 Å². The molecule has 1 heterocycles. The molecule has 3 nitrogen and oxygen atoms in total. The van der Waals surface area contributed by atoms with Gasteiger partial charge in [-0.3, -0.25) is 4.79 Å². The Morgan fingerprint density at radius 1 is 1.22 bits per heavy atom. The molecule has 0 bridgehead atoms. The number of alkyl halides is 3. The molecule has 1 aromatic carbocycles. The molecule has 0 aliphatic carbocycles. The minimum absolute atomic E-state index is 0.357. The van der Waals surface area contributed by atoms with E-state index in [1.54, 1.807) is 0 Å². The summed E-state index contributed by atoms with van der Waals surface area (Å²) in [5.41, 5.74) is 5.04. The second-order valence-electron chi connectivity index (χ2n) is 4.21. The van der Waals surface area contributed by atoms with Crippen LogP contribution >= 0.6 is 0 Å². The molecule has 1 fully saturated rings. The maximum atomic E-state index is 12.4. The predicted molar refractivity (Wildman–Crippen MR) is 57.5 cm³/mol. The Morgan fingerprint density at radius 2 is 1.83 bits per heavy atom. The second kappa shape index (κ2) is 4.61. The molecule has 2 atom stereocenters. The van der Waals surface area contributed by atoms with E-state index in [2.05, 4.69) is 0 Å². The Kier molecular flexibility index (Phi) is 3.30. The lowest BCUT2D eigenvalue weighted by Gasteiger charge is -2.13. The summed E-state index contributed by atoms with van der Waals surface area (Å²) in [6.07, 6.45) is -4.26. The Hall–Kier alpha value is -1.56. The average molecular weight is 259 g/mol. The molecule has 18 heavy (non-hydrogen) atoms. The van der Waals surface area contributed by atoms with Gasteiger partial charge in [0.2, 0.25) is 5.91 Å². The molecule has 1 saturated heterocycles. The monoisotopic (exact) mass is 259 g/mol. The normalized spacial score (nSPS) is 24.2. The van der Waals surface area contributed by atoms with Crippen molar-refractivity contribution in [1.82, 2.24) is 0 Å². The lowest BCUT2D eigenvalue weighted by atomic mass is 10.0. The Labute approximate surface area is 102 Å². The third kappa shape index (κ3) is 2.64. The van der Waals surface area contributed by atoms with E-state index in [1.807, 2.05) is 0 Å². The third-order valence-corrected chi connectivity index (χ3v) is 2.95. The summed E-state index contributed by atoms with van der Waals surface area (Å²) in [5.74, 6) is -0.538. The van der Waals surface area contributed by atoms with E-state index in [0.29, 0.717) is 18.4 Å². The van der Waals surface area contributed by atoms with Crippen LogP contribution in [0.5, 0.6) is 0 Å². The number of hydrogen-bond donors (Lipinski definition) is 1. The zero-order valence-corrected chi connectivity index (χ0v) is 9.41. The number of hydrogen-bond acceptors (Lipinski definition) is 2. The summed E-state index contributed by atoms with van der Waals surface area (Å²) in [6.45, 7) is 0. The van der Waals surface area contributed by atoms with Crippen LogP contribution in [0, 0.1) is 0 Å². The lowest BCUT2D eigenvalue weighted by Crippen LogP contribution is -2.27. The molecule has 0 unspecified atom stereocenters. The van der Waals surface area contributed by atoms with Gasteiger partial charge in [0, 0.05) is 0 Å². The summed E-state index contributed by atoms with van der Waals surface area (Å²) >= 11 is 0. The zero-order chi connectivity index (χ0) is 13.3. The van der Waals surface area contributed by atoms with Crippen LogP contribution in [0.25, 0.3) is 0 Å². The van der Waals surface area contributed by atoms with Crippen LogP contribution in [0.4, 0.5) is 13.2 Å². The highest BCUT2D eigenvalue weighted by Gasteiger charge is 2.32. The molecule has 1 aliphatic heterocycles. The molecule has 2 N–H and O–H groups in total. The van der Waals surface area contributed by atoms with Crippen molar-refractivity contribution in [2.45, 2.75) is 31.2 Å².